The first-order valence-electron chi connectivity index (χ1n) is 4.92. The van der Waals surface area contributed by atoms with Crippen molar-refractivity contribution >= 4 is 23.6 Å². The second-order valence-corrected chi connectivity index (χ2v) is 4.46. The van der Waals surface area contributed by atoms with Crippen molar-refractivity contribution in [2.24, 2.45) is 0 Å². The first-order valence-corrected chi connectivity index (χ1v) is 5.90. The Balaban J connectivity index is 2.54. The van der Waals surface area contributed by atoms with Crippen LogP contribution in [0.15, 0.2) is 17.2 Å². The molecule has 2 N–H and O–H groups in total. The minimum Gasteiger partial charge on any atom is -0.480 e. The van der Waals surface area contributed by atoms with Gasteiger partial charge in [-0.15, -0.1) is 16.9 Å². The molecule has 0 bridgehead atoms. The van der Waals surface area contributed by atoms with Crippen molar-refractivity contribution in [3.8, 4) is 0 Å². The van der Waals surface area contributed by atoms with E-state index in [2.05, 4.69) is 15.5 Å². The molecule has 1 heterocycles. The van der Waals surface area contributed by atoms with Crippen LogP contribution in [0.2, 0.25) is 0 Å². The molecule has 1 aromatic heterocycles. The van der Waals surface area contributed by atoms with E-state index in [1.807, 2.05) is 6.92 Å². The van der Waals surface area contributed by atoms with Crippen molar-refractivity contribution in [3.63, 3.8) is 0 Å². The van der Waals surface area contributed by atoms with E-state index in [0.717, 1.165) is 5.69 Å². The summed E-state index contributed by atoms with van der Waals surface area (Å²) in [6.45, 7) is 3.10. The summed E-state index contributed by atoms with van der Waals surface area (Å²) in [5, 5.41) is 19.6. The van der Waals surface area contributed by atoms with Crippen molar-refractivity contribution in [1.82, 2.24) is 15.5 Å². The average Bonchev–Trinajstić information content (AvgIpc) is 2.25. The molecule has 0 unspecified atom stereocenters. The second kappa shape index (κ2) is 6.19. The summed E-state index contributed by atoms with van der Waals surface area (Å²) >= 11 is 1.24. The number of hydrogen-bond donors (Lipinski definition) is 2. The molecule has 6 nitrogen and oxygen atoms in total. The Morgan fingerprint density at radius 1 is 1.47 bits per heavy atom. The Labute approximate surface area is 103 Å². The van der Waals surface area contributed by atoms with E-state index in [9.17, 15) is 9.59 Å². The third-order valence-corrected chi connectivity index (χ3v) is 2.86. The molecule has 1 rings (SSSR count). The van der Waals surface area contributed by atoms with Crippen LogP contribution in [-0.4, -0.2) is 39.0 Å². The van der Waals surface area contributed by atoms with Gasteiger partial charge in [-0.3, -0.25) is 4.79 Å². The minimum absolute atomic E-state index is 0.215. The van der Waals surface area contributed by atoms with Crippen molar-refractivity contribution < 1.29 is 14.7 Å². The van der Waals surface area contributed by atoms with Gasteiger partial charge in [-0.2, -0.15) is 5.10 Å². The van der Waals surface area contributed by atoms with Crippen LogP contribution in [0.4, 0.5) is 0 Å². The standard InChI is InChI=1S/C10H13N3O3S/c1-6-3-4-9(13-12-6)17-5-8(10(15)16)11-7(2)14/h3-4,8H,5H2,1-2H3,(H,11,14)(H,15,16)/t8-/m0/s1. The highest BCUT2D eigenvalue weighted by Crippen LogP contribution is 2.15. The molecule has 0 aromatic carbocycles. The Kier molecular flexibility index (Phi) is 4.89. The zero-order chi connectivity index (χ0) is 12.8. The fraction of sp³-hybridized carbons (Fsp3) is 0.400. The van der Waals surface area contributed by atoms with Crippen LogP contribution in [0.3, 0.4) is 0 Å². The van der Waals surface area contributed by atoms with Gasteiger partial charge in [0.25, 0.3) is 0 Å². The quantitative estimate of drug-likeness (QED) is 0.743. The number of thioether (sulfide) groups is 1. The number of nitrogens with one attached hydrogen (secondary N) is 1. The fourth-order valence-electron chi connectivity index (χ4n) is 1.05. The highest BCUT2D eigenvalue weighted by Gasteiger charge is 2.18. The molecule has 0 spiro atoms. The van der Waals surface area contributed by atoms with Crippen LogP contribution >= 0.6 is 11.8 Å². The maximum atomic E-state index is 10.8. The Hall–Kier alpha value is -1.63. The van der Waals surface area contributed by atoms with Crippen LogP contribution in [0.5, 0.6) is 0 Å². The second-order valence-electron chi connectivity index (χ2n) is 3.42. The van der Waals surface area contributed by atoms with Gasteiger partial charge in [0.15, 0.2) is 0 Å². The van der Waals surface area contributed by atoms with E-state index < -0.39 is 12.0 Å². The monoisotopic (exact) mass is 255 g/mol. The SMILES string of the molecule is CC(=O)N[C@@H](CSc1ccc(C)nn1)C(=O)O. The molecule has 0 saturated heterocycles. The van der Waals surface area contributed by atoms with E-state index in [1.165, 1.54) is 18.7 Å². The van der Waals surface area contributed by atoms with E-state index in [0.29, 0.717) is 5.03 Å². The van der Waals surface area contributed by atoms with Gasteiger partial charge in [0.05, 0.1) is 5.69 Å². The van der Waals surface area contributed by atoms with Gasteiger partial charge in [-0.25, -0.2) is 4.79 Å². The summed E-state index contributed by atoms with van der Waals surface area (Å²) in [6, 6.07) is 2.64. The summed E-state index contributed by atoms with van der Waals surface area (Å²) in [4.78, 5) is 21.6. The van der Waals surface area contributed by atoms with Crippen LogP contribution in [0.1, 0.15) is 12.6 Å². The lowest BCUT2D eigenvalue weighted by atomic mass is 10.3. The van der Waals surface area contributed by atoms with Gasteiger partial charge in [-0.1, -0.05) is 0 Å². The summed E-state index contributed by atoms with van der Waals surface area (Å²) < 4.78 is 0. The van der Waals surface area contributed by atoms with Crippen molar-refractivity contribution in [2.45, 2.75) is 24.9 Å². The van der Waals surface area contributed by atoms with Crippen molar-refractivity contribution in [1.29, 1.82) is 0 Å². The highest BCUT2D eigenvalue weighted by molar-refractivity contribution is 7.99. The largest absolute Gasteiger partial charge is 0.480 e. The first-order chi connectivity index (χ1) is 7.99. The highest BCUT2D eigenvalue weighted by atomic mass is 32.2. The van der Waals surface area contributed by atoms with Gasteiger partial charge < -0.3 is 10.4 Å². The Morgan fingerprint density at radius 2 is 2.18 bits per heavy atom. The normalized spacial score (nSPS) is 11.9. The lowest BCUT2D eigenvalue weighted by Crippen LogP contribution is -2.41. The topological polar surface area (TPSA) is 92.2 Å². The zero-order valence-corrected chi connectivity index (χ0v) is 10.3. The molecule has 0 saturated carbocycles. The summed E-state index contributed by atoms with van der Waals surface area (Å²) in [5.41, 5.74) is 0.797. The molecule has 0 aliphatic heterocycles. The molecule has 0 aliphatic carbocycles. The molecule has 1 aromatic rings. The number of aromatic nitrogens is 2. The number of carboxylic acids is 1. The molecule has 1 amide bonds. The van der Waals surface area contributed by atoms with Crippen LogP contribution in [-0.2, 0) is 9.59 Å². The summed E-state index contributed by atoms with van der Waals surface area (Å²) in [5.74, 6) is -1.21. The third kappa shape index (κ3) is 4.81. The molecule has 17 heavy (non-hydrogen) atoms. The fourth-order valence-corrected chi connectivity index (χ4v) is 1.88. The molecular weight excluding hydrogens is 242 g/mol. The minimum atomic E-state index is -1.06. The predicted molar refractivity (Wildman–Crippen MR) is 62.7 cm³/mol. The summed E-state index contributed by atoms with van der Waals surface area (Å²) in [6.07, 6.45) is 0. The molecule has 7 heteroatoms. The van der Waals surface area contributed by atoms with Gasteiger partial charge in [-0.05, 0) is 19.1 Å². The van der Waals surface area contributed by atoms with Gasteiger partial charge in [0, 0.05) is 12.7 Å². The average molecular weight is 255 g/mol. The number of carboxylic acid groups (broad SMARTS) is 1. The molecule has 0 radical (unpaired) electrons. The Morgan fingerprint density at radius 3 is 2.65 bits per heavy atom. The van der Waals surface area contributed by atoms with E-state index in [-0.39, 0.29) is 11.7 Å². The number of nitrogens with zero attached hydrogens (tertiary/aromatic N) is 2. The van der Waals surface area contributed by atoms with Crippen LogP contribution < -0.4 is 5.32 Å². The van der Waals surface area contributed by atoms with E-state index in [1.54, 1.807) is 12.1 Å². The number of hydrogen-bond acceptors (Lipinski definition) is 5. The lowest BCUT2D eigenvalue weighted by molar-refractivity contribution is -0.140. The maximum absolute atomic E-state index is 10.8. The molecule has 1 atom stereocenters. The Bertz CT molecular complexity index is 408. The molecule has 0 fully saturated rings. The molecule has 92 valence electrons. The number of aliphatic carboxylic acids is 1. The van der Waals surface area contributed by atoms with Crippen molar-refractivity contribution in [3.05, 3.63) is 17.8 Å². The smallest absolute Gasteiger partial charge is 0.327 e. The van der Waals surface area contributed by atoms with Gasteiger partial charge in [0.2, 0.25) is 5.91 Å². The number of rotatable bonds is 5. The maximum Gasteiger partial charge on any atom is 0.327 e. The summed E-state index contributed by atoms with van der Waals surface area (Å²) in [7, 11) is 0. The number of amides is 1. The number of carbonyl (C=O) groups is 2. The molecular formula is C10H13N3O3S. The van der Waals surface area contributed by atoms with Crippen LogP contribution in [0, 0.1) is 6.92 Å². The predicted octanol–water partition coefficient (Wildman–Crippen LogP) is 0.466. The van der Waals surface area contributed by atoms with Gasteiger partial charge in [0.1, 0.15) is 11.1 Å². The number of carbonyl (C=O) groups excluding carboxylic acids is 1. The third-order valence-electron chi connectivity index (χ3n) is 1.85. The van der Waals surface area contributed by atoms with E-state index >= 15 is 0 Å². The molecule has 0 aliphatic rings. The van der Waals surface area contributed by atoms with Crippen LogP contribution in [0.25, 0.3) is 0 Å². The first kappa shape index (κ1) is 13.4. The van der Waals surface area contributed by atoms with Gasteiger partial charge >= 0.3 is 5.97 Å². The zero-order valence-electron chi connectivity index (χ0n) is 9.51. The lowest BCUT2D eigenvalue weighted by Gasteiger charge is -2.11. The number of aryl methyl sites for hydroxylation is 1. The van der Waals surface area contributed by atoms with Crippen molar-refractivity contribution in [2.75, 3.05) is 5.75 Å². The van der Waals surface area contributed by atoms with E-state index in [4.69, 9.17) is 5.11 Å².